The molecular weight excluding hydrogens is 394 g/mol. The molecule has 0 spiro atoms. The fourth-order valence-electron chi connectivity index (χ4n) is 4.01. The number of esters is 1. The Kier molecular flexibility index (Phi) is 6.02. The van der Waals surface area contributed by atoms with E-state index in [0.717, 1.165) is 22.9 Å². The second-order valence-electron chi connectivity index (χ2n) is 7.76. The van der Waals surface area contributed by atoms with E-state index in [2.05, 4.69) is 16.4 Å². The summed E-state index contributed by atoms with van der Waals surface area (Å²) < 4.78 is 5.25. The molecule has 0 aliphatic carbocycles. The number of hydrogen-bond donors (Lipinski definition) is 2. The smallest absolute Gasteiger partial charge is 0.306 e. The Bertz CT molecular complexity index is 1120. The Hall–Kier alpha value is -3.61. The maximum Gasteiger partial charge on any atom is 0.306 e. The van der Waals surface area contributed by atoms with Gasteiger partial charge in [-0.05, 0) is 43.5 Å². The van der Waals surface area contributed by atoms with Gasteiger partial charge in [0.2, 0.25) is 5.91 Å². The third kappa shape index (κ3) is 4.60. The van der Waals surface area contributed by atoms with Crippen molar-refractivity contribution in [2.24, 2.45) is 0 Å². The normalized spacial score (nSPS) is 15.8. The van der Waals surface area contributed by atoms with Crippen LogP contribution in [0.5, 0.6) is 0 Å². The van der Waals surface area contributed by atoms with Gasteiger partial charge >= 0.3 is 5.97 Å². The van der Waals surface area contributed by atoms with Crippen molar-refractivity contribution >= 4 is 40.1 Å². The Morgan fingerprint density at radius 3 is 2.77 bits per heavy atom. The lowest BCUT2D eigenvalue weighted by Crippen LogP contribution is -2.41. The van der Waals surface area contributed by atoms with E-state index < -0.39 is 5.97 Å². The van der Waals surface area contributed by atoms with Crippen LogP contribution in [0.25, 0.3) is 10.9 Å². The number of aryl methyl sites for hydroxylation is 1. The monoisotopic (exact) mass is 419 g/mol. The predicted molar refractivity (Wildman–Crippen MR) is 119 cm³/mol. The first-order chi connectivity index (χ1) is 15.0. The number of anilines is 2. The molecule has 0 saturated heterocycles. The molecule has 1 aliphatic heterocycles. The number of para-hydroxylation sites is 3. The minimum Gasteiger partial charge on any atom is -0.456 e. The van der Waals surface area contributed by atoms with Gasteiger partial charge in [-0.25, -0.2) is 0 Å². The van der Waals surface area contributed by atoms with Crippen molar-refractivity contribution in [3.05, 3.63) is 60.3 Å². The molecular formula is C24H25N3O4. The van der Waals surface area contributed by atoms with E-state index in [9.17, 15) is 14.4 Å². The Balaban J connectivity index is 1.32. The molecule has 31 heavy (non-hydrogen) atoms. The van der Waals surface area contributed by atoms with Crippen LogP contribution in [-0.2, 0) is 25.5 Å². The summed E-state index contributed by atoms with van der Waals surface area (Å²) in [6.45, 7) is 1.46. The van der Waals surface area contributed by atoms with Crippen molar-refractivity contribution < 1.29 is 19.1 Å². The van der Waals surface area contributed by atoms with Crippen molar-refractivity contribution in [3.63, 3.8) is 0 Å². The second-order valence-corrected chi connectivity index (χ2v) is 7.76. The topological polar surface area (TPSA) is 91.5 Å². The molecule has 0 bridgehead atoms. The number of rotatable bonds is 6. The third-order valence-corrected chi connectivity index (χ3v) is 5.49. The van der Waals surface area contributed by atoms with Crippen LogP contribution in [-0.4, -0.2) is 35.4 Å². The largest absolute Gasteiger partial charge is 0.456 e. The zero-order valence-electron chi connectivity index (χ0n) is 17.4. The van der Waals surface area contributed by atoms with Crippen LogP contribution < -0.4 is 10.2 Å². The molecule has 2 aromatic carbocycles. The molecule has 0 saturated carbocycles. The average Bonchev–Trinajstić information content (AvgIpc) is 3.11. The number of H-pyrrole nitrogens is 1. The number of carbonyl (C=O) groups excluding carboxylic acids is 3. The van der Waals surface area contributed by atoms with Crippen LogP contribution in [0.4, 0.5) is 11.4 Å². The maximum atomic E-state index is 12.8. The molecule has 160 valence electrons. The number of benzene rings is 2. The van der Waals surface area contributed by atoms with Gasteiger partial charge in [0, 0.05) is 36.0 Å². The van der Waals surface area contributed by atoms with Crippen molar-refractivity contribution in [2.75, 3.05) is 16.8 Å². The highest BCUT2D eigenvalue weighted by atomic mass is 16.5. The Morgan fingerprint density at radius 1 is 1.13 bits per heavy atom. The summed E-state index contributed by atoms with van der Waals surface area (Å²) >= 11 is 0. The summed E-state index contributed by atoms with van der Waals surface area (Å²) in [5.41, 5.74) is 3.42. The molecule has 7 nitrogen and oxygen atoms in total. The van der Waals surface area contributed by atoms with E-state index in [1.807, 2.05) is 31.3 Å². The minimum atomic E-state index is -0.404. The molecule has 1 aliphatic rings. The lowest BCUT2D eigenvalue weighted by atomic mass is 10.1. The van der Waals surface area contributed by atoms with Crippen LogP contribution in [0, 0.1) is 0 Å². The average molecular weight is 419 g/mol. The van der Waals surface area contributed by atoms with Gasteiger partial charge in [-0.3, -0.25) is 14.4 Å². The summed E-state index contributed by atoms with van der Waals surface area (Å²) in [7, 11) is 0. The van der Waals surface area contributed by atoms with Crippen molar-refractivity contribution in [2.45, 2.75) is 38.6 Å². The van der Waals surface area contributed by atoms with Gasteiger partial charge in [-0.2, -0.15) is 0 Å². The van der Waals surface area contributed by atoms with Crippen molar-refractivity contribution in [1.82, 2.24) is 4.98 Å². The van der Waals surface area contributed by atoms with E-state index in [4.69, 9.17) is 4.74 Å². The maximum absolute atomic E-state index is 12.8. The van der Waals surface area contributed by atoms with Gasteiger partial charge in [0.1, 0.15) is 0 Å². The first-order valence-corrected chi connectivity index (χ1v) is 10.4. The van der Waals surface area contributed by atoms with E-state index in [-0.39, 0.29) is 37.3 Å². The highest BCUT2D eigenvalue weighted by Crippen LogP contribution is 2.31. The number of nitrogens with zero attached hydrogens (tertiary/aromatic N) is 1. The molecule has 0 fully saturated rings. The lowest BCUT2D eigenvalue weighted by molar-refractivity contribution is -0.148. The summed E-state index contributed by atoms with van der Waals surface area (Å²) in [5.74, 6) is -0.899. The highest BCUT2D eigenvalue weighted by Gasteiger charge is 2.30. The molecule has 4 rings (SSSR count). The zero-order valence-corrected chi connectivity index (χ0v) is 17.4. The van der Waals surface area contributed by atoms with Crippen LogP contribution in [0.1, 0.15) is 31.7 Å². The second kappa shape index (κ2) is 9.04. The standard InChI is InChI=1S/C24H25N3O4/c1-16-13-22(28)26-20-10-4-5-11-21(20)27(16)23(29)15-31-24(30)12-6-7-17-14-25-19-9-3-2-8-18(17)19/h2-5,8-11,14,16,25H,6-7,12-13,15H2,1H3,(H,26,28)/t16-/m0/s1. The van der Waals surface area contributed by atoms with Gasteiger partial charge in [0.05, 0.1) is 11.4 Å². The molecule has 2 heterocycles. The molecule has 1 atom stereocenters. The number of carbonyl (C=O) groups is 3. The zero-order chi connectivity index (χ0) is 21.8. The molecule has 3 aromatic rings. The molecule has 1 aromatic heterocycles. The first-order valence-electron chi connectivity index (χ1n) is 10.4. The summed E-state index contributed by atoms with van der Waals surface area (Å²) in [6, 6.07) is 14.8. The van der Waals surface area contributed by atoms with E-state index in [1.54, 1.807) is 24.3 Å². The first kappa shape index (κ1) is 20.7. The van der Waals surface area contributed by atoms with Crippen molar-refractivity contribution in [1.29, 1.82) is 0 Å². The predicted octanol–water partition coefficient (Wildman–Crippen LogP) is 3.80. The van der Waals surface area contributed by atoms with Gasteiger partial charge in [-0.1, -0.05) is 30.3 Å². The third-order valence-electron chi connectivity index (χ3n) is 5.49. The number of aromatic amines is 1. The van der Waals surface area contributed by atoms with E-state index >= 15 is 0 Å². The summed E-state index contributed by atoms with van der Waals surface area (Å²) in [4.78, 5) is 41.9. The minimum absolute atomic E-state index is 0.149. The molecule has 2 amide bonds. The van der Waals surface area contributed by atoms with Crippen LogP contribution in [0.15, 0.2) is 54.7 Å². The van der Waals surface area contributed by atoms with Crippen LogP contribution in [0.2, 0.25) is 0 Å². The van der Waals surface area contributed by atoms with Gasteiger partial charge in [0.25, 0.3) is 5.91 Å². The molecule has 7 heteroatoms. The molecule has 0 radical (unpaired) electrons. The van der Waals surface area contributed by atoms with Crippen molar-refractivity contribution in [3.8, 4) is 0 Å². The highest BCUT2D eigenvalue weighted by molar-refractivity contribution is 6.05. The quantitative estimate of drug-likeness (QED) is 0.595. The van der Waals surface area contributed by atoms with Crippen LogP contribution >= 0.6 is 0 Å². The number of nitrogens with one attached hydrogen (secondary N) is 2. The summed E-state index contributed by atoms with van der Waals surface area (Å²) in [6.07, 6.45) is 3.76. The number of hydrogen-bond acceptors (Lipinski definition) is 4. The number of aromatic nitrogens is 1. The SMILES string of the molecule is C[C@H]1CC(=O)Nc2ccccc2N1C(=O)COC(=O)CCCc1c[nH]c2ccccc12. The van der Waals surface area contributed by atoms with Gasteiger partial charge in [-0.15, -0.1) is 0 Å². The Morgan fingerprint density at radius 2 is 1.90 bits per heavy atom. The Labute approximate surface area is 180 Å². The van der Waals surface area contributed by atoms with Gasteiger partial charge in [0.15, 0.2) is 6.61 Å². The molecule has 0 unspecified atom stereocenters. The van der Waals surface area contributed by atoms with Gasteiger partial charge < -0.3 is 19.9 Å². The van der Waals surface area contributed by atoms with E-state index in [0.29, 0.717) is 17.8 Å². The van der Waals surface area contributed by atoms with Crippen LogP contribution in [0.3, 0.4) is 0 Å². The fraction of sp³-hybridized carbons (Fsp3) is 0.292. The number of amides is 2. The number of fused-ring (bicyclic) bond motifs is 2. The van der Waals surface area contributed by atoms with E-state index in [1.165, 1.54) is 4.90 Å². The number of ether oxygens (including phenoxy) is 1. The fourth-order valence-corrected chi connectivity index (χ4v) is 4.01. The molecule has 2 N–H and O–H groups in total. The summed E-state index contributed by atoms with van der Waals surface area (Å²) in [5, 5.41) is 3.97. The lowest BCUT2D eigenvalue weighted by Gasteiger charge is -2.27.